The number of benzene rings is 1. The molecule has 0 radical (unpaired) electrons. The summed E-state index contributed by atoms with van der Waals surface area (Å²) in [5.41, 5.74) is 1.38. The molecule has 1 aromatic carbocycles. The lowest BCUT2D eigenvalue weighted by Gasteiger charge is -2.25. The molecule has 1 saturated heterocycles. The summed E-state index contributed by atoms with van der Waals surface area (Å²) >= 11 is 0. The smallest absolute Gasteiger partial charge is 0.323 e. The van der Waals surface area contributed by atoms with Gasteiger partial charge in [0.1, 0.15) is 11.8 Å². The summed E-state index contributed by atoms with van der Waals surface area (Å²) in [5.74, 6) is 0.654. The standard InChI is InChI=1S/C18H27NO2.C6H8O/c1-14-12-16(13-15-8-4-3-5-9-15)10-6-7-11-17(19-2)18(20)21-14;1-3-5-6(7)4-2/h3-5,8-9,14,16-17,19H,6-7,10-13H2,1-2H3;3-5,7H,1-2H2/b;6-5+/t14?,16?,17-;/m0./s1. The van der Waals surface area contributed by atoms with Gasteiger partial charge in [-0.25, -0.2) is 0 Å². The highest BCUT2D eigenvalue weighted by molar-refractivity contribution is 5.75. The quantitative estimate of drug-likeness (QED) is 0.419. The summed E-state index contributed by atoms with van der Waals surface area (Å²) in [4.78, 5) is 12.1. The number of likely N-dealkylation sites (N-methyl/N-ethyl adjacent to an activating group) is 1. The number of carbonyl (C=O) groups excluding carboxylic acids is 1. The van der Waals surface area contributed by atoms with Crippen molar-refractivity contribution in [3.8, 4) is 0 Å². The second-order valence-electron chi connectivity index (χ2n) is 7.20. The molecule has 0 bridgehead atoms. The van der Waals surface area contributed by atoms with Crippen LogP contribution in [0.1, 0.15) is 44.6 Å². The summed E-state index contributed by atoms with van der Waals surface area (Å²) in [6.07, 6.45) is 10.7. The van der Waals surface area contributed by atoms with E-state index in [0.717, 1.165) is 25.7 Å². The van der Waals surface area contributed by atoms with E-state index in [-0.39, 0.29) is 23.9 Å². The minimum Gasteiger partial charge on any atom is -0.508 e. The van der Waals surface area contributed by atoms with E-state index >= 15 is 0 Å². The molecule has 154 valence electrons. The Kier molecular flexibility index (Phi) is 11.7. The summed E-state index contributed by atoms with van der Waals surface area (Å²) in [6, 6.07) is 10.5. The second kappa shape index (κ2) is 13.8. The number of aliphatic hydroxyl groups excluding tert-OH is 1. The normalized spacial score (nSPS) is 23.6. The average molecular weight is 386 g/mol. The average Bonchev–Trinajstić information content (AvgIpc) is 2.68. The zero-order chi connectivity index (χ0) is 20.8. The van der Waals surface area contributed by atoms with Gasteiger partial charge in [0.15, 0.2) is 0 Å². The predicted molar refractivity (Wildman–Crippen MR) is 116 cm³/mol. The molecule has 0 aliphatic carbocycles. The topological polar surface area (TPSA) is 58.6 Å². The van der Waals surface area contributed by atoms with Gasteiger partial charge in [0.2, 0.25) is 0 Å². The maximum absolute atomic E-state index is 12.1. The van der Waals surface area contributed by atoms with Crippen LogP contribution in [0.2, 0.25) is 0 Å². The molecule has 1 aliphatic rings. The van der Waals surface area contributed by atoms with Gasteiger partial charge >= 0.3 is 5.97 Å². The van der Waals surface area contributed by atoms with Gasteiger partial charge in [0.25, 0.3) is 0 Å². The van der Waals surface area contributed by atoms with E-state index in [9.17, 15) is 4.79 Å². The van der Waals surface area contributed by atoms with Crippen molar-refractivity contribution in [1.29, 1.82) is 0 Å². The molecule has 4 heteroatoms. The Morgan fingerprint density at radius 2 is 1.93 bits per heavy atom. The van der Waals surface area contributed by atoms with E-state index in [2.05, 4.69) is 48.8 Å². The largest absolute Gasteiger partial charge is 0.508 e. The van der Waals surface area contributed by atoms with Crippen LogP contribution in [0.5, 0.6) is 0 Å². The minimum atomic E-state index is -0.141. The van der Waals surface area contributed by atoms with Gasteiger partial charge in [-0.15, -0.1) is 0 Å². The van der Waals surface area contributed by atoms with Crippen molar-refractivity contribution in [3.05, 3.63) is 73.0 Å². The maximum atomic E-state index is 12.1. The molecule has 0 saturated carbocycles. The molecule has 4 nitrogen and oxygen atoms in total. The highest BCUT2D eigenvalue weighted by atomic mass is 16.5. The molecule has 1 heterocycles. The third-order valence-corrected chi connectivity index (χ3v) is 4.84. The van der Waals surface area contributed by atoms with E-state index in [1.807, 2.05) is 14.0 Å². The van der Waals surface area contributed by atoms with E-state index in [0.29, 0.717) is 5.92 Å². The van der Waals surface area contributed by atoms with Crippen LogP contribution in [0, 0.1) is 5.92 Å². The number of allylic oxidation sites excluding steroid dienone is 3. The number of cyclic esters (lactones) is 1. The Hall–Kier alpha value is -2.33. The molecular formula is C24H35NO3. The van der Waals surface area contributed by atoms with E-state index in [4.69, 9.17) is 9.84 Å². The van der Waals surface area contributed by atoms with Crippen molar-refractivity contribution in [2.75, 3.05) is 7.05 Å². The van der Waals surface area contributed by atoms with Crippen LogP contribution in [0.25, 0.3) is 0 Å². The van der Waals surface area contributed by atoms with Crippen molar-refractivity contribution in [3.63, 3.8) is 0 Å². The van der Waals surface area contributed by atoms with Crippen molar-refractivity contribution < 1.29 is 14.6 Å². The number of nitrogens with one attached hydrogen (secondary N) is 1. The number of carbonyl (C=O) groups is 1. The Morgan fingerprint density at radius 1 is 1.25 bits per heavy atom. The van der Waals surface area contributed by atoms with Crippen LogP contribution in [0.3, 0.4) is 0 Å². The highest BCUT2D eigenvalue weighted by Gasteiger charge is 2.24. The number of rotatable bonds is 5. The molecule has 2 N–H and O–H groups in total. The number of aliphatic hydroxyl groups is 1. The Bertz CT molecular complexity index is 624. The lowest BCUT2D eigenvalue weighted by atomic mass is 9.88. The summed E-state index contributed by atoms with van der Waals surface area (Å²) in [6.45, 7) is 8.70. The predicted octanol–water partition coefficient (Wildman–Crippen LogP) is 5.13. The van der Waals surface area contributed by atoms with Gasteiger partial charge < -0.3 is 15.2 Å². The Morgan fingerprint density at radius 3 is 2.50 bits per heavy atom. The summed E-state index contributed by atoms with van der Waals surface area (Å²) < 4.78 is 5.60. The molecular weight excluding hydrogens is 350 g/mol. The molecule has 0 amide bonds. The van der Waals surface area contributed by atoms with Gasteiger partial charge in [-0.05, 0) is 63.3 Å². The van der Waals surface area contributed by atoms with Crippen LogP contribution < -0.4 is 5.32 Å². The molecule has 3 atom stereocenters. The van der Waals surface area contributed by atoms with Gasteiger partial charge in [0.05, 0.1) is 6.10 Å². The van der Waals surface area contributed by atoms with E-state index in [1.165, 1.54) is 36.6 Å². The first kappa shape index (κ1) is 23.7. The van der Waals surface area contributed by atoms with Crippen LogP contribution in [-0.4, -0.2) is 30.3 Å². The third kappa shape index (κ3) is 9.56. The van der Waals surface area contributed by atoms with Crippen LogP contribution >= 0.6 is 0 Å². The van der Waals surface area contributed by atoms with Crippen LogP contribution in [0.15, 0.2) is 67.5 Å². The summed E-state index contributed by atoms with van der Waals surface area (Å²) in [5, 5.41) is 11.6. The first-order valence-electron chi connectivity index (χ1n) is 10.1. The van der Waals surface area contributed by atoms with Crippen molar-refractivity contribution in [1.82, 2.24) is 5.32 Å². The molecule has 2 rings (SSSR count). The molecule has 2 unspecified atom stereocenters. The first-order valence-corrected chi connectivity index (χ1v) is 10.1. The fourth-order valence-corrected chi connectivity index (χ4v) is 3.40. The zero-order valence-corrected chi connectivity index (χ0v) is 17.3. The van der Waals surface area contributed by atoms with E-state index in [1.54, 1.807) is 0 Å². The SMILES string of the molecule is C=C/C=C(/O)C=C.CN[C@H]1CCCCC(Cc2ccccc2)CC(C)OC1=O. The Balaban J connectivity index is 0.000000480. The van der Waals surface area contributed by atoms with E-state index < -0.39 is 0 Å². The number of esters is 1. The fourth-order valence-electron chi connectivity index (χ4n) is 3.40. The Labute approximate surface area is 170 Å². The van der Waals surface area contributed by atoms with Crippen molar-refractivity contribution in [2.45, 2.75) is 57.6 Å². The fraction of sp³-hybridized carbons (Fsp3) is 0.458. The molecule has 0 aromatic heterocycles. The lowest BCUT2D eigenvalue weighted by molar-refractivity contribution is -0.152. The maximum Gasteiger partial charge on any atom is 0.323 e. The summed E-state index contributed by atoms with van der Waals surface area (Å²) in [7, 11) is 1.83. The number of ether oxygens (including phenoxy) is 1. The number of hydrogen-bond acceptors (Lipinski definition) is 4. The monoisotopic (exact) mass is 385 g/mol. The van der Waals surface area contributed by atoms with Crippen LogP contribution in [-0.2, 0) is 16.0 Å². The van der Waals surface area contributed by atoms with Gasteiger partial charge in [-0.3, -0.25) is 4.79 Å². The minimum absolute atomic E-state index is 0.000150. The third-order valence-electron chi connectivity index (χ3n) is 4.84. The lowest BCUT2D eigenvalue weighted by Crippen LogP contribution is -2.38. The molecule has 1 aromatic rings. The molecule has 0 spiro atoms. The molecule has 1 aliphatic heterocycles. The number of hydrogen-bond donors (Lipinski definition) is 2. The second-order valence-corrected chi connectivity index (χ2v) is 7.20. The highest BCUT2D eigenvalue weighted by Crippen LogP contribution is 2.24. The van der Waals surface area contributed by atoms with Gasteiger partial charge in [-0.1, -0.05) is 62.4 Å². The van der Waals surface area contributed by atoms with Crippen LogP contribution in [0.4, 0.5) is 0 Å². The zero-order valence-electron chi connectivity index (χ0n) is 17.3. The molecule has 1 fully saturated rings. The van der Waals surface area contributed by atoms with Crippen molar-refractivity contribution >= 4 is 5.97 Å². The first-order chi connectivity index (χ1) is 13.5. The van der Waals surface area contributed by atoms with Gasteiger partial charge in [0, 0.05) is 0 Å². The van der Waals surface area contributed by atoms with Crippen molar-refractivity contribution in [2.24, 2.45) is 5.92 Å². The molecule has 28 heavy (non-hydrogen) atoms. The van der Waals surface area contributed by atoms with Gasteiger partial charge in [-0.2, -0.15) is 0 Å².